The first-order valence-corrected chi connectivity index (χ1v) is 6.19. The molecular weight excluding hydrogens is 212 g/mol. The zero-order valence-corrected chi connectivity index (χ0v) is 9.94. The summed E-state index contributed by atoms with van der Waals surface area (Å²) in [5, 5.41) is 22.1. The summed E-state index contributed by atoms with van der Waals surface area (Å²) < 4.78 is 1.92. The van der Waals surface area contributed by atoms with Crippen molar-refractivity contribution in [3.63, 3.8) is 0 Å². The first-order valence-electron chi connectivity index (χ1n) is 5.04. The van der Waals surface area contributed by atoms with Gasteiger partial charge in [0.25, 0.3) is 0 Å². The summed E-state index contributed by atoms with van der Waals surface area (Å²) in [5.74, 6) is 1.32. The van der Waals surface area contributed by atoms with Crippen LogP contribution in [0.15, 0.2) is 12.3 Å². The molecule has 0 aromatic carbocycles. The van der Waals surface area contributed by atoms with E-state index in [1.54, 1.807) is 11.8 Å². The minimum Gasteiger partial charge on any atom is -0.394 e. The molecule has 0 aliphatic carbocycles. The first kappa shape index (κ1) is 12.5. The molecule has 1 unspecified atom stereocenters. The van der Waals surface area contributed by atoms with Crippen molar-refractivity contribution in [3.05, 3.63) is 18.0 Å². The summed E-state index contributed by atoms with van der Waals surface area (Å²) in [6, 6.07) is 2.37. The molecule has 0 saturated heterocycles. The minimum absolute atomic E-state index is 0.173. The number of nitrogens with zero attached hydrogens (tertiary/aromatic N) is 2. The van der Waals surface area contributed by atoms with E-state index in [1.807, 2.05) is 16.9 Å². The third-order valence-electron chi connectivity index (χ3n) is 1.96. The van der Waals surface area contributed by atoms with E-state index in [0.29, 0.717) is 11.8 Å². The Kier molecular flexibility index (Phi) is 5.14. The van der Waals surface area contributed by atoms with Gasteiger partial charge in [-0.2, -0.15) is 16.9 Å². The first-order chi connectivity index (χ1) is 7.13. The number of thioether (sulfide) groups is 1. The summed E-state index contributed by atoms with van der Waals surface area (Å²) in [6.07, 6.45) is 1.34. The van der Waals surface area contributed by atoms with Gasteiger partial charge in [-0.3, -0.25) is 4.68 Å². The molecule has 0 aliphatic heterocycles. The fraction of sp³-hybridized carbons (Fsp3) is 0.700. The van der Waals surface area contributed by atoms with Crippen molar-refractivity contribution in [2.24, 2.45) is 0 Å². The second kappa shape index (κ2) is 6.15. The maximum absolute atomic E-state index is 9.13. The van der Waals surface area contributed by atoms with Crippen LogP contribution in [-0.4, -0.2) is 38.5 Å². The van der Waals surface area contributed by atoms with E-state index in [0.717, 1.165) is 11.4 Å². The third kappa shape index (κ3) is 4.24. The Morgan fingerprint density at radius 1 is 1.53 bits per heavy atom. The molecule has 0 fully saturated rings. The number of aromatic nitrogens is 2. The Morgan fingerprint density at radius 2 is 2.27 bits per heavy atom. The van der Waals surface area contributed by atoms with Crippen LogP contribution in [0.3, 0.4) is 0 Å². The molecule has 1 aromatic heterocycles. The highest BCUT2D eigenvalue weighted by Crippen LogP contribution is 2.12. The second-order valence-electron chi connectivity index (χ2n) is 3.73. The molecule has 0 spiro atoms. The molecule has 5 heteroatoms. The van der Waals surface area contributed by atoms with E-state index in [-0.39, 0.29) is 6.61 Å². The molecule has 0 saturated carbocycles. The monoisotopic (exact) mass is 230 g/mol. The summed E-state index contributed by atoms with van der Waals surface area (Å²) >= 11 is 1.58. The van der Waals surface area contributed by atoms with Gasteiger partial charge < -0.3 is 10.2 Å². The van der Waals surface area contributed by atoms with Crippen molar-refractivity contribution in [1.82, 2.24) is 9.78 Å². The van der Waals surface area contributed by atoms with Gasteiger partial charge in [-0.1, -0.05) is 0 Å². The molecule has 2 N–H and O–H groups in total. The van der Waals surface area contributed by atoms with Crippen LogP contribution in [-0.2, 0) is 5.75 Å². The van der Waals surface area contributed by atoms with E-state index >= 15 is 0 Å². The number of hydrogen-bond acceptors (Lipinski definition) is 4. The molecule has 0 bridgehead atoms. The SMILES string of the molecule is CC(C)n1ccc(CSCC(O)CO)n1. The zero-order chi connectivity index (χ0) is 11.3. The Hall–Kier alpha value is -0.520. The largest absolute Gasteiger partial charge is 0.394 e. The highest BCUT2D eigenvalue weighted by molar-refractivity contribution is 7.98. The number of hydrogen-bond donors (Lipinski definition) is 2. The lowest BCUT2D eigenvalue weighted by atomic mass is 10.4. The van der Waals surface area contributed by atoms with Crippen LogP contribution in [0.25, 0.3) is 0 Å². The molecule has 15 heavy (non-hydrogen) atoms. The highest BCUT2D eigenvalue weighted by atomic mass is 32.2. The van der Waals surface area contributed by atoms with Crippen LogP contribution in [0.5, 0.6) is 0 Å². The number of aliphatic hydroxyl groups is 2. The third-order valence-corrected chi connectivity index (χ3v) is 3.08. The number of aliphatic hydroxyl groups excluding tert-OH is 2. The summed E-state index contributed by atoms with van der Waals surface area (Å²) in [6.45, 7) is 3.99. The molecule has 4 nitrogen and oxygen atoms in total. The fourth-order valence-electron chi connectivity index (χ4n) is 1.09. The van der Waals surface area contributed by atoms with Crippen molar-refractivity contribution in [2.45, 2.75) is 31.7 Å². The van der Waals surface area contributed by atoms with Crippen molar-refractivity contribution in [2.75, 3.05) is 12.4 Å². The summed E-state index contributed by atoms with van der Waals surface area (Å²) in [4.78, 5) is 0. The average molecular weight is 230 g/mol. The lowest BCUT2D eigenvalue weighted by Gasteiger charge is -2.05. The van der Waals surface area contributed by atoms with Crippen LogP contribution >= 0.6 is 11.8 Å². The van der Waals surface area contributed by atoms with Gasteiger partial charge in [-0.25, -0.2) is 0 Å². The van der Waals surface area contributed by atoms with Crippen molar-refractivity contribution < 1.29 is 10.2 Å². The fourth-order valence-corrected chi connectivity index (χ4v) is 1.95. The van der Waals surface area contributed by atoms with E-state index in [1.165, 1.54) is 0 Å². The average Bonchev–Trinajstić information content (AvgIpc) is 2.66. The lowest BCUT2D eigenvalue weighted by Crippen LogP contribution is -2.14. The Labute approximate surface area is 94.3 Å². The maximum atomic E-state index is 9.13. The van der Waals surface area contributed by atoms with Crippen LogP contribution in [0.1, 0.15) is 25.6 Å². The maximum Gasteiger partial charge on any atom is 0.0861 e. The Morgan fingerprint density at radius 3 is 2.80 bits per heavy atom. The lowest BCUT2D eigenvalue weighted by molar-refractivity contribution is 0.113. The van der Waals surface area contributed by atoms with Gasteiger partial charge in [0.15, 0.2) is 0 Å². The van der Waals surface area contributed by atoms with E-state index in [4.69, 9.17) is 10.2 Å². The van der Waals surface area contributed by atoms with Gasteiger partial charge >= 0.3 is 0 Å². The molecule has 1 atom stereocenters. The molecule has 0 aliphatic rings. The summed E-state index contributed by atoms with van der Waals surface area (Å²) in [7, 11) is 0. The normalized spacial score (nSPS) is 13.4. The number of rotatable bonds is 6. The molecule has 1 aromatic rings. The van der Waals surface area contributed by atoms with Crippen molar-refractivity contribution in [1.29, 1.82) is 0 Å². The highest BCUT2D eigenvalue weighted by Gasteiger charge is 2.05. The van der Waals surface area contributed by atoms with E-state index < -0.39 is 6.10 Å². The van der Waals surface area contributed by atoms with Crippen LogP contribution in [0.2, 0.25) is 0 Å². The second-order valence-corrected chi connectivity index (χ2v) is 4.76. The Balaban J connectivity index is 2.31. The van der Waals surface area contributed by atoms with Gasteiger partial charge in [-0.05, 0) is 19.9 Å². The van der Waals surface area contributed by atoms with Gasteiger partial charge in [0.2, 0.25) is 0 Å². The van der Waals surface area contributed by atoms with E-state index in [9.17, 15) is 0 Å². The van der Waals surface area contributed by atoms with Crippen LogP contribution in [0, 0.1) is 0 Å². The standard InChI is InChI=1S/C10H18N2O2S/c1-8(2)12-4-3-9(11-12)6-15-7-10(14)5-13/h3-4,8,10,13-14H,5-7H2,1-2H3. The van der Waals surface area contributed by atoms with Crippen LogP contribution < -0.4 is 0 Å². The Bertz CT molecular complexity index is 289. The zero-order valence-electron chi connectivity index (χ0n) is 9.13. The van der Waals surface area contributed by atoms with Gasteiger partial charge in [-0.15, -0.1) is 0 Å². The van der Waals surface area contributed by atoms with Gasteiger partial charge in [0.1, 0.15) is 0 Å². The molecule has 0 amide bonds. The topological polar surface area (TPSA) is 58.3 Å². The minimum atomic E-state index is -0.623. The van der Waals surface area contributed by atoms with Crippen molar-refractivity contribution >= 4 is 11.8 Å². The predicted octanol–water partition coefficient (Wildman–Crippen LogP) is 1.05. The molecule has 1 heterocycles. The predicted molar refractivity (Wildman–Crippen MR) is 61.9 cm³/mol. The molecular formula is C10H18N2O2S. The van der Waals surface area contributed by atoms with Crippen molar-refractivity contribution in [3.8, 4) is 0 Å². The quantitative estimate of drug-likeness (QED) is 0.767. The smallest absolute Gasteiger partial charge is 0.0861 e. The van der Waals surface area contributed by atoms with E-state index in [2.05, 4.69) is 18.9 Å². The van der Waals surface area contributed by atoms with Crippen LogP contribution in [0.4, 0.5) is 0 Å². The molecule has 0 radical (unpaired) electrons. The van der Waals surface area contributed by atoms with Gasteiger partial charge in [0, 0.05) is 23.7 Å². The summed E-state index contributed by atoms with van der Waals surface area (Å²) in [5.41, 5.74) is 1.01. The molecule has 1 rings (SSSR count). The molecule has 86 valence electrons. The van der Waals surface area contributed by atoms with Gasteiger partial charge in [0.05, 0.1) is 18.4 Å².